The van der Waals surface area contributed by atoms with Crippen LogP contribution in [0.3, 0.4) is 0 Å². The monoisotopic (exact) mass is 469 g/mol. The molecule has 9 nitrogen and oxygen atoms in total. The van der Waals surface area contributed by atoms with Gasteiger partial charge in [-0.25, -0.2) is 0 Å². The molecule has 5 aliphatic rings. The number of aliphatic hydroxyl groups excluding tert-OH is 5. The van der Waals surface area contributed by atoms with Gasteiger partial charge in [0.2, 0.25) is 0 Å². The van der Waals surface area contributed by atoms with Gasteiger partial charge in [0.1, 0.15) is 24.4 Å². The van der Waals surface area contributed by atoms with E-state index in [4.69, 9.17) is 9.47 Å². The van der Waals surface area contributed by atoms with Crippen LogP contribution in [0.2, 0.25) is 0 Å². The first kappa shape index (κ1) is 24.1. The Morgan fingerprint density at radius 1 is 1.12 bits per heavy atom. The predicted octanol–water partition coefficient (Wildman–Crippen LogP) is -0.538. The van der Waals surface area contributed by atoms with Crippen molar-refractivity contribution in [1.82, 2.24) is 5.32 Å². The van der Waals surface area contributed by atoms with Crippen molar-refractivity contribution < 1.29 is 39.8 Å². The Bertz CT molecular complexity index is 796. The SMILES string of the molecule is CC12CC3CC4(NCC(=O)[C@@H](O)C(O[C@@H]5OC[C@@H](O)C[C@H]5O)[C@H](O)CO)CC(C)(C1)C2(C3)C4. The van der Waals surface area contributed by atoms with Crippen LogP contribution in [-0.2, 0) is 14.3 Å². The fourth-order valence-corrected chi connectivity index (χ4v) is 9.04. The Hall–Kier alpha value is -0.650. The topological polar surface area (TPSA) is 149 Å². The molecule has 4 aliphatic carbocycles. The Morgan fingerprint density at radius 2 is 1.88 bits per heavy atom. The predicted molar refractivity (Wildman–Crippen MR) is 116 cm³/mol. The summed E-state index contributed by atoms with van der Waals surface area (Å²) in [5.74, 6) is 0.142. The Kier molecular flexibility index (Phi) is 5.78. The number of fused-ring (bicyclic) bond motifs is 2. The van der Waals surface area contributed by atoms with Crippen LogP contribution in [0.1, 0.15) is 58.8 Å². The van der Waals surface area contributed by atoms with Gasteiger partial charge in [-0.2, -0.15) is 0 Å². The molecule has 1 heterocycles. The largest absolute Gasteiger partial charge is 0.394 e. The summed E-state index contributed by atoms with van der Waals surface area (Å²) in [5.41, 5.74) is 0.968. The maximum Gasteiger partial charge on any atom is 0.184 e. The first-order chi connectivity index (χ1) is 15.5. The molecule has 1 saturated heterocycles. The number of carbonyl (C=O) groups is 1. The zero-order valence-corrected chi connectivity index (χ0v) is 19.6. The summed E-state index contributed by atoms with van der Waals surface area (Å²) in [5, 5.41) is 53.6. The summed E-state index contributed by atoms with van der Waals surface area (Å²) in [6, 6.07) is 0. The number of hydrogen-bond acceptors (Lipinski definition) is 9. The van der Waals surface area contributed by atoms with Crippen molar-refractivity contribution in [3.63, 3.8) is 0 Å². The van der Waals surface area contributed by atoms with Crippen LogP contribution in [0, 0.1) is 22.2 Å². The summed E-state index contributed by atoms with van der Waals surface area (Å²) < 4.78 is 10.8. The van der Waals surface area contributed by atoms with Crippen molar-refractivity contribution in [3.05, 3.63) is 0 Å². The van der Waals surface area contributed by atoms with Crippen molar-refractivity contribution in [2.24, 2.45) is 22.2 Å². The van der Waals surface area contributed by atoms with Crippen LogP contribution in [0.15, 0.2) is 0 Å². The summed E-state index contributed by atoms with van der Waals surface area (Å²) in [4.78, 5) is 13.0. The lowest BCUT2D eigenvalue weighted by Crippen LogP contribution is -2.57. The van der Waals surface area contributed by atoms with Crippen LogP contribution in [0.5, 0.6) is 0 Å². The van der Waals surface area contributed by atoms with Crippen molar-refractivity contribution >= 4 is 5.78 Å². The zero-order chi connectivity index (χ0) is 23.8. The number of rotatable bonds is 9. The van der Waals surface area contributed by atoms with E-state index in [-0.39, 0.29) is 25.1 Å². The summed E-state index contributed by atoms with van der Waals surface area (Å²) >= 11 is 0. The molecule has 33 heavy (non-hydrogen) atoms. The van der Waals surface area contributed by atoms with E-state index in [1.54, 1.807) is 0 Å². The standard InChI is InChI=1S/C24H39NO8/c1-21-4-13-5-23(11-22(2,10-21)24(21,6-13)12-23)25-7-16(29)18(31)19(17(30)8-26)33-20-15(28)3-14(27)9-32-20/h13-15,17-20,25-28,30-31H,3-12H2,1-2H3/t13?,14-,15+,17+,18+,19?,20-,21?,22?,23?,24?/m0/s1. The highest BCUT2D eigenvalue weighted by Crippen LogP contribution is 2.86. The van der Waals surface area contributed by atoms with Crippen LogP contribution < -0.4 is 5.32 Å². The van der Waals surface area contributed by atoms with Crippen molar-refractivity contribution in [2.45, 2.75) is 101 Å². The van der Waals surface area contributed by atoms with E-state index in [0.29, 0.717) is 22.2 Å². The molecule has 5 fully saturated rings. The van der Waals surface area contributed by atoms with Crippen LogP contribution >= 0.6 is 0 Å². The van der Waals surface area contributed by atoms with E-state index < -0.39 is 49.2 Å². The molecule has 188 valence electrons. The number of Topliss-reactive ketones (excluding diaryl/α,β-unsaturated/α-hetero) is 1. The Morgan fingerprint density at radius 3 is 2.58 bits per heavy atom. The molecule has 0 amide bonds. The molecule has 0 aromatic carbocycles. The van der Waals surface area contributed by atoms with Gasteiger partial charge in [-0.05, 0) is 60.7 Å². The first-order valence-corrected chi connectivity index (χ1v) is 12.3. The van der Waals surface area contributed by atoms with E-state index in [1.807, 2.05) is 0 Å². The molecule has 0 aromatic rings. The molecule has 5 rings (SSSR count). The van der Waals surface area contributed by atoms with E-state index >= 15 is 0 Å². The van der Waals surface area contributed by atoms with Crippen LogP contribution in [0.4, 0.5) is 0 Å². The van der Waals surface area contributed by atoms with Gasteiger partial charge < -0.3 is 40.3 Å². The lowest BCUT2D eigenvalue weighted by Gasteiger charge is -2.64. The molecule has 9 heteroatoms. The molecular weight excluding hydrogens is 430 g/mol. The molecule has 0 radical (unpaired) electrons. The fraction of sp³-hybridized carbons (Fsp3) is 0.958. The van der Waals surface area contributed by atoms with Gasteiger partial charge in [0, 0.05) is 12.0 Å². The molecule has 1 aliphatic heterocycles. The van der Waals surface area contributed by atoms with Gasteiger partial charge >= 0.3 is 0 Å². The lowest BCUT2D eigenvalue weighted by atomic mass is 9.40. The summed E-state index contributed by atoms with van der Waals surface area (Å²) in [6.07, 6.45) is -0.960. The van der Waals surface area contributed by atoms with Crippen molar-refractivity contribution in [1.29, 1.82) is 0 Å². The molecule has 1 spiro atoms. The molecule has 3 bridgehead atoms. The van der Waals surface area contributed by atoms with Crippen LogP contribution in [-0.4, -0.2) is 93.4 Å². The molecular formula is C24H39NO8. The third kappa shape index (κ3) is 3.54. The molecule has 0 aromatic heterocycles. The first-order valence-electron chi connectivity index (χ1n) is 12.3. The third-order valence-corrected chi connectivity index (χ3v) is 9.93. The van der Waals surface area contributed by atoms with E-state index in [9.17, 15) is 30.3 Å². The van der Waals surface area contributed by atoms with E-state index in [2.05, 4.69) is 19.2 Å². The number of nitrogens with one attached hydrogen (secondary N) is 1. The number of aliphatic hydroxyl groups is 5. The normalized spacial score (nSPS) is 50.5. The minimum atomic E-state index is -1.70. The second-order valence-corrected chi connectivity index (χ2v) is 12.3. The number of ketones is 1. The van der Waals surface area contributed by atoms with Crippen molar-refractivity contribution in [3.8, 4) is 0 Å². The highest BCUT2D eigenvalue weighted by atomic mass is 16.7. The van der Waals surface area contributed by atoms with Crippen LogP contribution in [0.25, 0.3) is 0 Å². The Labute approximate surface area is 194 Å². The molecule has 11 atom stereocenters. The molecule has 6 N–H and O–H groups in total. The van der Waals surface area contributed by atoms with Gasteiger partial charge in [0.05, 0.1) is 25.9 Å². The zero-order valence-electron chi connectivity index (χ0n) is 19.6. The van der Waals surface area contributed by atoms with Gasteiger partial charge in [0.15, 0.2) is 12.1 Å². The quantitative estimate of drug-likeness (QED) is 0.262. The number of hydrogen-bond donors (Lipinski definition) is 6. The third-order valence-electron chi connectivity index (χ3n) is 9.93. The lowest BCUT2D eigenvalue weighted by molar-refractivity contribution is -0.274. The van der Waals surface area contributed by atoms with Crippen molar-refractivity contribution in [2.75, 3.05) is 19.8 Å². The van der Waals surface area contributed by atoms with E-state index in [0.717, 1.165) is 19.3 Å². The highest BCUT2D eigenvalue weighted by Gasteiger charge is 2.80. The number of ether oxygens (including phenoxy) is 2. The fourth-order valence-electron chi connectivity index (χ4n) is 9.04. The van der Waals surface area contributed by atoms with Gasteiger partial charge in [-0.3, -0.25) is 4.79 Å². The average molecular weight is 470 g/mol. The van der Waals surface area contributed by atoms with Gasteiger partial charge in [-0.1, -0.05) is 13.8 Å². The van der Waals surface area contributed by atoms with Gasteiger partial charge in [0.25, 0.3) is 0 Å². The second-order valence-electron chi connectivity index (χ2n) is 12.3. The summed E-state index contributed by atoms with van der Waals surface area (Å²) in [7, 11) is 0. The average Bonchev–Trinajstić information content (AvgIpc) is 3.02. The maximum absolute atomic E-state index is 13.0. The molecule has 4 saturated carbocycles. The second kappa shape index (κ2) is 7.93. The smallest absolute Gasteiger partial charge is 0.184 e. The minimum absolute atomic E-state index is 0.0152. The van der Waals surface area contributed by atoms with Gasteiger partial charge in [-0.15, -0.1) is 0 Å². The highest BCUT2D eigenvalue weighted by molar-refractivity contribution is 5.85. The maximum atomic E-state index is 13.0. The summed E-state index contributed by atoms with van der Waals surface area (Å²) in [6.45, 7) is 3.99. The Balaban J connectivity index is 1.23. The number of carbonyl (C=O) groups excluding carboxylic acids is 1. The van der Waals surface area contributed by atoms with E-state index in [1.165, 1.54) is 19.3 Å². The minimum Gasteiger partial charge on any atom is -0.394 e. The molecule has 6 unspecified atom stereocenters.